The molecule has 0 bridgehead atoms. The topological polar surface area (TPSA) is 107 Å². The number of benzene rings is 1. The molecule has 1 aromatic carbocycles. The van der Waals surface area contributed by atoms with Gasteiger partial charge in [-0.25, -0.2) is 14.2 Å². The summed E-state index contributed by atoms with van der Waals surface area (Å²) >= 11 is 0. The minimum atomic E-state index is -1.89. The lowest BCUT2D eigenvalue weighted by Gasteiger charge is -2.31. The van der Waals surface area contributed by atoms with E-state index < -0.39 is 11.6 Å². The summed E-state index contributed by atoms with van der Waals surface area (Å²) in [6.45, 7) is 3.55. The fourth-order valence-corrected chi connectivity index (χ4v) is 5.59. The molecule has 2 aromatic heterocycles. The average molecular weight is 435 g/mol. The molecule has 7 nitrogen and oxygen atoms in total. The summed E-state index contributed by atoms with van der Waals surface area (Å²) in [7, 11) is 0. The van der Waals surface area contributed by atoms with Crippen LogP contribution in [0, 0.1) is 12.7 Å². The normalized spacial score (nSPS) is 23.0. The molecule has 1 unspecified atom stereocenters. The monoisotopic (exact) mass is 435 g/mol. The van der Waals surface area contributed by atoms with Gasteiger partial charge in [0, 0.05) is 28.6 Å². The largest absolute Gasteiger partial charge is 0.458 e. The molecule has 6 rings (SSSR count). The van der Waals surface area contributed by atoms with Crippen LogP contribution in [0.1, 0.15) is 59.2 Å². The molecule has 0 spiro atoms. The molecular weight excluding hydrogens is 413 g/mol. The summed E-state index contributed by atoms with van der Waals surface area (Å²) < 4.78 is 21.4. The molecule has 3 aromatic rings. The van der Waals surface area contributed by atoms with Gasteiger partial charge in [-0.2, -0.15) is 0 Å². The number of aliphatic hydroxyl groups is 1. The molecule has 4 heterocycles. The molecule has 0 radical (unpaired) electrons. The first-order chi connectivity index (χ1) is 15.3. The van der Waals surface area contributed by atoms with Gasteiger partial charge in [0.2, 0.25) is 0 Å². The average Bonchev–Trinajstić information content (AvgIpc) is 3.14. The van der Waals surface area contributed by atoms with Gasteiger partial charge in [-0.1, -0.05) is 6.92 Å². The standard InChI is InChI=1S/C24H22FN3O4/c1-3-24(31)14-6-18-21-12(8-28(18)22(29)13(14)9-32-23(24)30)19-16(26)5-4-11-10(2)15(25)7-17(27-21)20(11)19/h6-7,16,31H,3-5,8-9,26H2,1-2H3/t16?,24-/m0/s1. The van der Waals surface area contributed by atoms with Crippen LogP contribution in [0.15, 0.2) is 16.9 Å². The van der Waals surface area contributed by atoms with Gasteiger partial charge >= 0.3 is 5.97 Å². The summed E-state index contributed by atoms with van der Waals surface area (Å²) in [4.78, 5) is 30.5. The smallest absolute Gasteiger partial charge is 0.343 e. The highest BCUT2D eigenvalue weighted by atomic mass is 19.1. The van der Waals surface area contributed by atoms with Crippen LogP contribution >= 0.6 is 0 Å². The Bertz CT molecular complexity index is 1440. The maximum Gasteiger partial charge on any atom is 0.343 e. The molecule has 3 N–H and O–H groups in total. The van der Waals surface area contributed by atoms with Crippen LogP contribution in [0.5, 0.6) is 0 Å². The number of fused-ring (bicyclic) bond motifs is 5. The van der Waals surface area contributed by atoms with E-state index in [4.69, 9.17) is 15.5 Å². The van der Waals surface area contributed by atoms with Crippen molar-refractivity contribution in [1.29, 1.82) is 0 Å². The number of hydrogen-bond acceptors (Lipinski definition) is 6. The zero-order valence-electron chi connectivity index (χ0n) is 17.8. The van der Waals surface area contributed by atoms with Crippen LogP contribution in [0.25, 0.3) is 22.3 Å². The van der Waals surface area contributed by atoms with E-state index in [9.17, 15) is 19.1 Å². The van der Waals surface area contributed by atoms with Crippen LogP contribution in [-0.4, -0.2) is 20.6 Å². The first-order valence-corrected chi connectivity index (χ1v) is 10.8. The Hall–Kier alpha value is -3.10. The number of halogens is 1. The number of ether oxygens (including phenoxy) is 1. The lowest BCUT2D eigenvalue weighted by Crippen LogP contribution is -2.44. The second-order valence-electron chi connectivity index (χ2n) is 8.96. The second-order valence-corrected chi connectivity index (χ2v) is 8.96. The number of carbonyl (C=O) groups excluding carboxylic acids is 1. The molecule has 164 valence electrons. The van der Waals surface area contributed by atoms with Crippen LogP contribution in [-0.2, 0) is 34.7 Å². The van der Waals surface area contributed by atoms with Gasteiger partial charge in [0.1, 0.15) is 12.4 Å². The van der Waals surface area contributed by atoms with Crippen molar-refractivity contribution in [2.45, 2.75) is 57.9 Å². The Labute approximate surface area is 182 Å². The van der Waals surface area contributed by atoms with Gasteiger partial charge in [-0.05, 0) is 48.9 Å². The van der Waals surface area contributed by atoms with Gasteiger partial charge in [-0.3, -0.25) is 4.79 Å². The highest BCUT2D eigenvalue weighted by Crippen LogP contribution is 2.45. The number of cyclic esters (lactones) is 1. The summed E-state index contributed by atoms with van der Waals surface area (Å²) in [5, 5.41) is 11.9. The zero-order chi connectivity index (χ0) is 22.5. The number of nitrogens with two attached hydrogens (primary N) is 1. The molecule has 0 saturated heterocycles. The van der Waals surface area contributed by atoms with E-state index in [0.717, 1.165) is 22.1 Å². The Morgan fingerprint density at radius 3 is 2.84 bits per heavy atom. The SMILES string of the molecule is CC[C@@]1(O)C(=O)OCc2c1cc1n(c2=O)Cc2c-1nc1cc(F)c(C)c3c1c2C(N)CC3. The fraction of sp³-hybridized carbons (Fsp3) is 0.375. The van der Waals surface area contributed by atoms with E-state index in [1.807, 2.05) is 0 Å². The number of carbonyl (C=O) groups is 1. The van der Waals surface area contributed by atoms with Crippen molar-refractivity contribution in [2.24, 2.45) is 5.73 Å². The molecule has 2 aliphatic heterocycles. The lowest BCUT2D eigenvalue weighted by molar-refractivity contribution is -0.172. The van der Waals surface area contributed by atoms with E-state index in [2.05, 4.69) is 0 Å². The maximum absolute atomic E-state index is 14.7. The van der Waals surface area contributed by atoms with Crippen molar-refractivity contribution in [1.82, 2.24) is 9.55 Å². The summed E-state index contributed by atoms with van der Waals surface area (Å²) in [5.74, 6) is -1.08. The Morgan fingerprint density at radius 2 is 2.09 bits per heavy atom. The Balaban J connectivity index is 1.70. The molecule has 8 heteroatoms. The molecule has 0 fully saturated rings. The van der Waals surface area contributed by atoms with Crippen molar-refractivity contribution in [2.75, 3.05) is 0 Å². The van der Waals surface area contributed by atoms with Crippen molar-refractivity contribution in [3.8, 4) is 11.4 Å². The van der Waals surface area contributed by atoms with Gasteiger partial charge < -0.3 is 20.1 Å². The number of aromatic nitrogens is 2. The zero-order valence-corrected chi connectivity index (χ0v) is 17.8. The predicted octanol–water partition coefficient (Wildman–Crippen LogP) is 2.47. The number of pyridine rings is 2. The summed E-state index contributed by atoms with van der Waals surface area (Å²) in [5.41, 5.74) is 9.72. The number of hydrogen-bond donors (Lipinski definition) is 2. The van der Waals surface area contributed by atoms with E-state index in [1.54, 1.807) is 24.5 Å². The first kappa shape index (κ1) is 19.6. The quantitative estimate of drug-likeness (QED) is 0.445. The van der Waals surface area contributed by atoms with Crippen molar-refractivity contribution in [3.63, 3.8) is 0 Å². The maximum atomic E-state index is 14.7. The second kappa shape index (κ2) is 6.24. The third-order valence-corrected chi connectivity index (χ3v) is 7.42. The number of nitrogens with zero attached hydrogens (tertiary/aromatic N) is 2. The number of esters is 1. The van der Waals surface area contributed by atoms with Crippen LogP contribution < -0.4 is 11.3 Å². The Kier molecular flexibility index (Phi) is 3.81. The summed E-state index contributed by atoms with van der Waals surface area (Å²) in [6, 6.07) is 2.84. The molecule has 0 amide bonds. The third-order valence-electron chi connectivity index (χ3n) is 7.42. The Morgan fingerprint density at radius 1 is 1.31 bits per heavy atom. The molecule has 3 aliphatic rings. The minimum Gasteiger partial charge on any atom is -0.458 e. The van der Waals surface area contributed by atoms with E-state index in [0.29, 0.717) is 35.3 Å². The van der Waals surface area contributed by atoms with Gasteiger partial charge in [0.25, 0.3) is 5.56 Å². The van der Waals surface area contributed by atoms with Gasteiger partial charge in [0.05, 0.1) is 29.0 Å². The molecule has 32 heavy (non-hydrogen) atoms. The van der Waals surface area contributed by atoms with E-state index >= 15 is 0 Å². The molecular formula is C24H22FN3O4. The minimum absolute atomic E-state index is 0.0731. The van der Waals surface area contributed by atoms with Gasteiger partial charge in [0.15, 0.2) is 5.60 Å². The molecule has 2 atom stereocenters. The number of rotatable bonds is 1. The van der Waals surface area contributed by atoms with E-state index in [-0.39, 0.29) is 48.1 Å². The van der Waals surface area contributed by atoms with Crippen LogP contribution in [0.2, 0.25) is 0 Å². The van der Waals surface area contributed by atoms with E-state index in [1.165, 1.54) is 6.07 Å². The summed E-state index contributed by atoms with van der Waals surface area (Å²) in [6.07, 6.45) is 1.44. The van der Waals surface area contributed by atoms with Crippen LogP contribution in [0.3, 0.4) is 0 Å². The highest BCUT2D eigenvalue weighted by Gasteiger charge is 2.45. The predicted molar refractivity (Wildman–Crippen MR) is 114 cm³/mol. The molecule has 0 saturated carbocycles. The van der Waals surface area contributed by atoms with Crippen molar-refractivity contribution < 1.29 is 19.0 Å². The highest BCUT2D eigenvalue weighted by molar-refractivity contribution is 5.93. The van der Waals surface area contributed by atoms with Crippen molar-refractivity contribution in [3.05, 3.63) is 61.7 Å². The van der Waals surface area contributed by atoms with Crippen molar-refractivity contribution >= 4 is 16.9 Å². The van der Waals surface area contributed by atoms with Crippen LogP contribution in [0.4, 0.5) is 4.39 Å². The number of aryl methyl sites for hydroxylation is 1. The fourth-order valence-electron chi connectivity index (χ4n) is 5.59. The first-order valence-electron chi connectivity index (χ1n) is 10.8. The lowest BCUT2D eigenvalue weighted by atomic mass is 9.82. The molecule has 1 aliphatic carbocycles. The van der Waals surface area contributed by atoms with Gasteiger partial charge in [-0.15, -0.1) is 0 Å². The third kappa shape index (κ3) is 2.23.